The molecule has 12 nitrogen and oxygen atoms in total. The Labute approximate surface area is 220 Å². The molecule has 2 bridgehead atoms. The van der Waals surface area contributed by atoms with Gasteiger partial charge in [-0.2, -0.15) is 0 Å². The Morgan fingerprint density at radius 1 is 1.16 bits per heavy atom. The number of hydrogen-bond acceptors (Lipinski definition) is 12. The molecule has 4 rings (SSSR count). The van der Waals surface area contributed by atoms with Gasteiger partial charge in [0, 0.05) is 24.0 Å². The number of carbonyl (C=O) groups excluding carboxylic acids is 2. The molecule has 3 heterocycles. The monoisotopic (exact) mass is 542 g/mol. The van der Waals surface area contributed by atoms with Crippen molar-refractivity contribution in [1.29, 1.82) is 0 Å². The Kier molecular flexibility index (Phi) is 9.13. The maximum Gasteiger partial charge on any atom is 0.338 e. The standard InChI is InChI=1S/C26H38O12/c1-4-13-15-6-20(29)34-9-16-12(3)18(5-14(16)11(2)7-27)36-24(33)17(15)10-35-25(13)38-26-23(32)22(31)21(30)19(8-28)37-26/h4,10-12,14-16,18-19,21-23,25-28,30-32H,5-9H2,1-3H3/b13-4+/t11-,12?,14-,15-,16?,18?,19?,21?,22?,23?,25?,26?/m0/s1. The predicted octanol–water partition coefficient (Wildman–Crippen LogP) is -0.635. The Bertz CT molecular complexity index is 931. The first-order chi connectivity index (χ1) is 18.1. The zero-order chi connectivity index (χ0) is 27.7. The Hall–Kier alpha value is -2.06. The number of aliphatic hydroxyl groups is 5. The summed E-state index contributed by atoms with van der Waals surface area (Å²) in [5.74, 6) is -2.17. The molecule has 214 valence electrons. The van der Waals surface area contributed by atoms with Gasteiger partial charge < -0.3 is 49.2 Å². The van der Waals surface area contributed by atoms with E-state index in [9.17, 15) is 35.1 Å². The number of allylic oxidation sites excluding steroid dienone is 1. The number of ether oxygens (including phenoxy) is 5. The summed E-state index contributed by atoms with van der Waals surface area (Å²) in [5.41, 5.74) is 0.477. The molecule has 0 aromatic heterocycles. The lowest BCUT2D eigenvalue weighted by Crippen LogP contribution is -2.60. The zero-order valence-electron chi connectivity index (χ0n) is 21.7. The lowest BCUT2D eigenvalue weighted by Gasteiger charge is -2.42. The van der Waals surface area contributed by atoms with Crippen LogP contribution in [0.3, 0.4) is 0 Å². The summed E-state index contributed by atoms with van der Waals surface area (Å²) in [4.78, 5) is 26.3. The molecular formula is C26H38O12. The quantitative estimate of drug-likeness (QED) is 0.219. The minimum absolute atomic E-state index is 0.0230. The maximum absolute atomic E-state index is 13.3. The van der Waals surface area contributed by atoms with Crippen LogP contribution in [0.15, 0.2) is 23.5 Å². The largest absolute Gasteiger partial charge is 0.468 e. The van der Waals surface area contributed by atoms with E-state index in [4.69, 9.17) is 23.7 Å². The van der Waals surface area contributed by atoms with E-state index in [1.807, 2.05) is 13.8 Å². The summed E-state index contributed by atoms with van der Waals surface area (Å²) < 4.78 is 28.4. The Morgan fingerprint density at radius 3 is 2.55 bits per heavy atom. The molecule has 3 aliphatic heterocycles. The van der Waals surface area contributed by atoms with E-state index in [0.29, 0.717) is 12.0 Å². The van der Waals surface area contributed by atoms with Gasteiger partial charge in [0.05, 0.1) is 31.5 Å². The van der Waals surface area contributed by atoms with Crippen molar-refractivity contribution in [3.05, 3.63) is 23.5 Å². The highest BCUT2D eigenvalue weighted by molar-refractivity contribution is 5.91. The Morgan fingerprint density at radius 2 is 1.89 bits per heavy atom. The second-order valence-corrected chi connectivity index (χ2v) is 10.6. The molecule has 4 aliphatic rings. The van der Waals surface area contributed by atoms with Crippen LogP contribution in [0.1, 0.15) is 33.6 Å². The van der Waals surface area contributed by atoms with Crippen LogP contribution in [0, 0.1) is 29.6 Å². The minimum atomic E-state index is -1.66. The molecule has 2 saturated heterocycles. The third-order valence-electron chi connectivity index (χ3n) is 8.44. The second kappa shape index (κ2) is 12.0. The summed E-state index contributed by atoms with van der Waals surface area (Å²) in [6.45, 7) is 5.02. The molecule has 0 amide bonds. The van der Waals surface area contributed by atoms with Gasteiger partial charge in [-0.25, -0.2) is 4.79 Å². The average molecular weight is 543 g/mol. The molecule has 3 fully saturated rings. The molecule has 38 heavy (non-hydrogen) atoms. The van der Waals surface area contributed by atoms with E-state index in [2.05, 4.69) is 0 Å². The summed E-state index contributed by atoms with van der Waals surface area (Å²) >= 11 is 0. The maximum atomic E-state index is 13.3. The van der Waals surface area contributed by atoms with Crippen molar-refractivity contribution in [2.45, 2.75) is 76.7 Å². The number of aliphatic hydroxyl groups excluding tert-OH is 5. The zero-order valence-corrected chi connectivity index (χ0v) is 21.7. The van der Waals surface area contributed by atoms with Gasteiger partial charge in [-0.1, -0.05) is 19.9 Å². The summed E-state index contributed by atoms with van der Waals surface area (Å²) in [7, 11) is 0. The van der Waals surface area contributed by atoms with Crippen LogP contribution in [0.4, 0.5) is 0 Å². The molecular weight excluding hydrogens is 504 g/mol. The smallest absolute Gasteiger partial charge is 0.338 e. The highest BCUT2D eigenvalue weighted by Gasteiger charge is 2.49. The van der Waals surface area contributed by atoms with Gasteiger partial charge in [0.15, 0.2) is 6.29 Å². The van der Waals surface area contributed by atoms with Crippen LogP contribution in [0.25, 0.3) is 0 Å². The number of fused-ring (bicyclic) bond motifs is 3. The van der Waals surface area contributed by atoms with Crippen molar-refractivity contribution in [3.63, 3.8) is 0 Å². The van der Waals surface area contributed by atoms with Crippen molar-refractivity contribution in [3.8, 4) is 0 Å². The van der Waals surface area contributed by atoms with Gasteiger partial charge >= 0.3 is 11.9 Å². The highest BCUT2D eigenvalue weighted by atomic mass is 16.8. The van der Waals surface area contributed by atoms with E-state index >= 15 is 0 Å². The van der Waals surface area contributed by atoms with Gasteiger partial charge in [-0.05, 0) is 31.1 Å². The van der Waals surface area contributed by atoms with Gasteiger partial charge in [0.2, 0.25) is 6.29 Å². The van der Waals surface area contributed by atoms with Crippen LogP contribution in [0.5, 0.6) is 0 Å². The van der Waals surface area contributed by atoms with Crippen molar-refractivity contribution < 1.29 is 58.8 Å². The molecule has 0 aromatic carbocycles. The van der Waals surface area contributed by atoms with E-state index < -0.39 is 67.6 Å². The first-order valence-electron chi connectivity index (χ1n) is 13.1. The normalized spacial score (nSPS) is 43.7. The number of carbonyl (C=O) groups is 2. The number of esters is 2. The fourth-order valence-electron chi connectivity index (χ4n) is 5.97. The third kappa shape index (κ3) is 5.48. The predicted molar refractivity (Wildman–Crippen MR) is 128 cm³/mol. The highest BCUT2D eigenvalue weighted by Crippen LogP contribution is 2.45. The topological polar surface area (TPSA) is 181 Å². The number of cyclic esters (lactones) is 1. The van der Waals surface area contributed by atoms with Crippen LogP contribution < -0.4 is 0 Å². The Balaban J connectivity index is 1.57. The van der Waals surface area contributed by atoms with Crippen LogP contribution in [-0.4, -0.2) is 100 Å². The van der Waals surface area contributed by atoms with E-state index in [1.54, 1.807) is 13.0 Å². The van der Waals surface area contributed by atoms with Crippen molar-refractivity contribution in [2.24, 2.45) is 29.6 Å². The molecule has 12 heteroatoms. The third-order valence-corrected chi connectivity index (χ3v) is 8.44. The summed E-state index contributed by atoms with van der Waals surface area (Å²) in [5, 5.41) is 49.7. The van der Waals surface area contributed by atoms with Gasteiger partial charge in [-0.3, -0.25) is 4.79 Å². The van der Waals surface area contributed by atoms with E-state index in [1.165, 1.54) is 0 Å². The molecule has 1 aliphatic carbocycles. The fourth-order valence-corrected chi connectivity index (χ4v) is 5.97. The average Bonchev–Trinajstić information content (AvgIpc) is 3.20. The van der Waals surface area contributed by atoms with E-state index in [-0.39, 0.29) is 48.9 Å². The van der Waals surface area contributed by atoms with Crippen molar-refractivity contribution in [1.82, 2.24) is 0 Å². The van der Waals surface area contributed by atoms with Gasteiger partial charge in [0.1, 0.15) is 30.5 Å². The summed E-state index contributed by atoms with van der Waals surface area (Å²) in [6, 6.07) is 0. The van der Waals surface area contributed by atoms with Crippen molar-refractivity contribution in [2.75, 3.05) is 19.8 Å². The molecule has 1 saturated carbocycles. The number of rotatable bonds is 5. The van der Waals surface area contributed by atoms with Crippen LogP contribution in [0.2, 0.25) is 0 Å². The van der Waals surface area contributed by atoms with Gasteiger partial charge in [-0.15, -0.1) is 0 Å². The molecule has 9 unspecified atom stereocenters. The number of hydrogen-bond donors (Lipinski definition) is 5. The molecule has 0 aromatic rings. The SMILES string of the molecule is C/C=C1/C(OC2OC(CO)C(O)C(O)C2O)OC=C2C(=O)OC3C[C@@H]([C@@H](C)CO)C(COC(=O)C[C@H]21)C3C. The minimum Gasteiger partial charge on any atom is -0.468 e. The molecule has 0 radical (unpaired) electrons. The fraction of sp³-hybridized carbons (Fsp3) is 0.769. The first-order valence-corrected chi connectivity index (χ1v) is 13.1. The molecule has 5 N–H and O–H groups in total. The van der Waals surface area contributed by atoms with E-state index in [0.717, 1.165) is 6.26 Å². The van der Waals surface area contributed by atoms with Crippen molar-refractivity contribution >= 4 is 11.9 Å². The van der Waals surface area contributed by atoms with Crippen LogP contribution in [-0.2, 0) is 33.3 Å². The second-order valence-electron chi connectivity index (χ2n) is 10.6. The van der Waals surface area contributed by atoms with Gasteiger partial charge in [0.25, 0.3) is 0 Å². The lowest BCUT2D eigenvalue weighted by molar-refractivity contribution is -0.327. The first kappa shape index (κ1) is 28.9. The molecule has 12 atom stereocenters. The molecule has 0 spiro atoms. The van der Waals surface area contributed by atoms with Crippen LogP contribution >= 0.6 is 0 Å². The summed E-state index contributed by atoms with van der Waals surface area (Å²) in [6.07, 6.45) is -6.07. The lowest BCUT2D eigenvalue weighted by atomic mass is 9.83.